The van der Waals surface area contributed by atoms with E-state index in [0.717, 1.165) is 18.5 Å². The Kier molecular flexibility index (Phi) is 7.40. The van der Waals surface area contributed by atoms with Crippen molar-refractivity contribution in [3.05, 3.63) is 35.9 Å². The Bertz CT molecular complexity index is 419. The molecule has 118 valence electrons. The molecule has 0 heterocycles. The van der Waals surface area contributed by atoms with Crippen molar-refractivity contribution in [3.63, 3.8) is 0 Å². The number of nitrogens with two attached hydrogens (primary N) is 1. The van der Waals surface area contributed by atoms with Crippen molar-refractivity contribution >= 4 is 5.91 Å². The summed E-state index contributed by atoms with van der Waals surface area (Å²) in [7, 11) is 4.03. The first kappa shape index (κ1) is 17.7. The molecule has 0 aliphatic rings. The van der Waals surface area contributed by atoms with E-state index in [2.05, 4.69) is 11.8 Å². The third kappa shape index (κ3) is 5.86. The summed E-state index contributed by atoms with van der Waals surface area (Å²) in [6.07, 6.45) is 0.916. The van der Waals surface area contributed by atoms with Crippen LogP contribution in [0.4, 0.5) is 0 Å². The highest BCUT2D eigenvalue weighted by molar-refractivity contribution is 5.82. The van der Waals surface area contributed by atoms with Gasteiger partial charge in [0.2, 0.25) is 5.91 Å². The zero-order chi connectivity index (χ0) is 15.8. The van der Waals surface area contributed by atoms with Gasteiger partial charge in [0.15, 0.2) is 0 Å². The summed E-state index contributed by atoms with van der Waals surface area (Å²) in [6, 6.07) is 9.66. The number of amides is 1. The zero-order valence-corrected chi connectivity index (χ0v) is 13.7. The molecule has 1 aromatic carbocycles. The maximum Gasteiger partial charge on any atom is 0.240 e. The molecule has 4 heteroatoms. The van der Waals surface area contributed by atoms with E-state index < -0.39 is 6.04 Å². The van der Waals surface area contributed by atoms with Crippen LogP contribution in [0.15, 0.2) is 30.3 Å². The first-order valence-corrected chi connectivity index (χ1v) is 7.68. The van der Waals surface area contributed by atoms with Crippen molar-refractivity contribution in [2.45, 2.75) is 32.9 Å². The van der Waals surface area contributed by atoms with E-state index in [1.807, 2.05) is 56.3 Å². The number of nitrogens with zero attached hydrogens (tertiary/aromatic N) is 2. The third-order valence-electron chi connectivity index (χ3n) is 3.89. The molecule has 0 saturated heterocycles. The quantitative estimate of drug-likeness (QED) is 0.796. The molecular weight excluding hydrogens is 262 g/mol. The number of benzene rings is 1. The van der Waals surface area contributed by atoms with Gasteiger partial charge in [0.05, 0.1) is 6.04 Å². The van der Waals surface area contributed by atoms with Crippen LogP contribution in [-0.2, 0) is 11.3 Å². The maximum atomic E-state index is 12.6. The molecule has 4 nitrogen and oxygen atoms in total. The van der Waals surface area contributed by atoms with Crippen LogP contribution in [0.3, 0.4) is 0 Å². The highest BCUT2D eigenvalue weighted by Crippen LogP contribution is 2.11. The fraction of sp³-hybridized carbons (Fsp3) is 0.588. The van der Waals surface area contributed by atoms with E-state index in [1.165, 1.54) is 0 Å². The molecule has 0 bridgehead atoms. The van der Waals surface area contributed by atoms with Crippen LogP contribution in [0.25, 0.3) is 0 Å². The number of carbonyl (C=O) groups excluding carboxylic acids is 1. The fourth-order valence-corrected chi connectivity index (χ4v) is 2.10. The average Bonchev–Trinajstić information content (AvgIpc) is 2.50. The van der Waals surface area contributed by atoms with Crippen LogP contribution in [0, 0.1) is 5.92 Å². The van der Waals surface area contributed by atoms with E-state index in [1.54, 1.807) is 0 Å². The number of hydrogen-bond acceptors (Lipinski definition) is 3. The lowest BCUT2D eigenvalue weighted by Crippen LogP contribution is -2.48. The number of carbonyl (C=O) groups is 1. The summed E-state index contributed by atoms with van der Waals surface area (Å²) in [6.45, 7) is 6.27. The van der Waals surface area contributed by atoms with Gasteiger partial charge in [-0.1, -0.05) is 50.6 Å². The molecule has 2 N–H and O–H groups in total. The molecule has 0 fully saturated rings. The lowest BCUT2D eigenvalue weighted by Gasteiger charge is -2.29. The predicted molar refractivity (Wildman–Crippen MR) is 87.8 cm³/mol. The van der Waals surface area contributed by atoms with Crippen LogP contribution >= 0.6 is 0 Å². The number of hydrogen-bond donors (Lipinski definition) is 1. The molecular formula is C17H29N3O. The van der Waals surface area contributed by atoms with Crippen molar-refractivity contribution in [1.82, 2.24) is 9.80 Å². The first-order chi connectivity index (χ1) is 9.95. The molecule has 1 rings (SSSR count). The van der Waals surface area contributed by atoms with Gasteiger partial charge in [-0.25, -0.2) is 0 Å². The minimum absolute atomic E-state index is 0.0510. The van der Waals surface area contributed by atoms with E-state index in [9.17, 15) is 4.79 Å². The Hall–Kier alpha value is -1.39. The van der Waals surface area contributed by atoms with Crippen molar-refractivity contribution < 1.29 is 4.79 Å². The summed E-state index contributed by atoms with van der Waals surface area (Å²) in [5.74, 6) is 0.255. The van der Waals surface area contributed by atoms with Crippen LogP contribution < -0.4 is 5.73 Å². The highest BCUT2D eigenvalue weighted by atomic mass is 16.2. The maximum absolute atomic E-state index is 12.6. The molecule has 0 radical (unpaired) electrons. The molecule has 1 amide bonds. The van der Waals surface area contributed by atoms with E-state index in [0.29, 0.717) is 13.1 Å². The van der Waals surface area contributed by atoms with E-state index in [-0.39, 0.29) is 11.8 Å². The topological polar surface area (TPSA) is 49.6 Å². The molecule has 21 heavy (non-hydrogen) atoms. The molecule has 0 aromatic heterocycles. The first-order valence-electron chi connectivity index (χ1n) is 7.68. The van der Waals surface area contributed by atoms with Gasteiger partial charge in [-0.05, 0) is 25.6 Å². The smallest absolute Gasteiger partial charge is 0.240 e. The van der Waals surface area contributed by atoms with Crippen LogP contribution in [0.5, 0.6) is 0 Å². The fourth-order valence-electron chi connectivity index (χ4n) is 2.10. The summed E-state index contributed by atoms with van der Waals surface area (Å²) in [5.41, 5.74) is 7.27. The van der Waals surface area contributed by atoms with Gasteiger partial charge in [-0.3, -0.25) is 4.79 Å². The van der Waals surface area contributed by atoms with Crippen molar-refractivity contribution in [2.75, 3.05) is 27.2 Å². The van der Waals surface area contributed by atoms with Gasteiger partial charge < -0.3 is 15.5 Å². The Morgan fingerprint density at radius 2 is 1.81 bits per heavy atom. The van der Waals surface area contributed by atoms with Gasteiger partial charge in [0.1, 0.15) is 0 Å². The van der Waals surface area contributed by atoms with Gasteiger partial charge in [-0.2, -0.15) is 0 Å². The summed E-state index contributed by atoms with van der Waals surface area (Å²) in [4.78, 5) is 16.6. The molecule has 1 aromatic rings. The summed E-state index contributed by atoms with van der Waals surface area (Å²) in [5, 5.41) is 0. The Morgan fingerprint density at radius 1 is 1.19 bits per heavy atom. The van der Waals surface area contributed by atoms with E-state index in [4.69, 9.17) is 5.73 Å². The third-order valence-corrected chi connectivity index (χ3v) is 3.89. The minimum Gasteiger partial charge on any atom is -0.336 e. The molecule has 0 aliphatic heterocycles. The second-order valence-corrected chi connectivity index (χ2v) is 5.96. The Morgan fingerprint density at radius 3 is 2.33 bits per heavy atom. The molecule has 0 spiro atoms. The standard InChI is InChI=1S/C17H29N3O/c1-5-14(2)16(18)17(21)20(12-11-19(3)4)13-15-9-7-6-8-10-15/h6-10,14,16H,5,11-13,18H2,1-4H3. The van der Waals surface area contributed by atoms with Crippen LogP contribution in [0.2, 0.25) is 0 Å². The van der Waals surface area contributed by atoms with Gasteiger partial charge >= 0.3 is 0 Å². The lowest BCUT2D eigenvalue weighted by molar-refractivity contribution is -0.134. The molecule has 2 unspecified atom stereocenters. The zero-order valence-electron chi connectivity index (χ0n) is 13.7. The molecule has 0 aliphatic carbocycles. The van der Waals surface area contributed by atoms with E-state index >= 15 is 0 Å². The van der Waals surface area contributed by atoms with Gasteiger partial charge in [0.25, 0.3) is 0 Å². The van der Waals surface area contributed by atoms with Crippen LogP contribution in [0.1, 0.15) is 25.8 Å². The minimum atomic E-state index is -0.416. The average molecular weight is 291 g/mol. The van der Waals surface area contributed by atoms with Gasteiger partial charge in [0, 0.05) is 19.6 Å². The normalized spacial score (nSPS) is 14.0. The summed E-state index contributed by atoms with van der Waals surface area (Å²) < 4.78 is 0. The summed E-state index contributed by atoms with van der Waals surface area (Å²) >= 11 is 0. The lowest BCUT2D eigenvalue weighted by atomic mass is 9.98. The Balaban J connectivity index is 2.78. The monoisotopic (exact) mass is 291 g/mol. The molecule has 2 atom stereocenters. The SMILES string of the molecule is CCC(C)C(N)C(=O)N(CCN(C)C)Cc1ccccc1. The Labute approximate surface area is 128 Å². The number of rotatable bonds is 8. The predicted octanol–water partition coefficient (Wildman–Crippen LogP) is 1.95. The highest BCUT2D eigenvalue weighted by Gasteiger charge is 2.25. The van der Waals surface area contributed by atoms with Gasteiger partial charge in [-0.15, -0.1) is 0 Å². The second-order valence-electron chi connectivity index (χ2n) is 5.96. The van der Waals surface area contributed by atoms with Crippen molar-refractivity contribution in [3.8, 4) is 0 Å². The molecule has 0 saturated carbocycles. The van der Waals surface area contributed by atoms with Crippen molar-refractivity contribution in [2.24, 2.45) is 11.7 Å². The second kappa shape index (κ2) is 8.80. The largest absolute Gasteiger partial charge is 0.336 e. The van der Waals surface area contributed by atoms with Crippen molar-refractivity contribution in [1.29, 1.82) is 0 Å². The number of likely N-dealkylation sites (N-methyl/N-ethyl adjacent to an activating group) is 1. The van der Waals surface area contributed by atoms with Crippen LogP contribution in [-0.4, -0.2) is 48.9 Å².